The first kappa shape index (κ1) is 20.0. The van der Waals surface area contributed by atoms with Crippen LogP contribution in [-0.2, 0) is 25.4 Å². The number of rotatable bonds is 2. The number of hydrogen-bond donors (Lipinski definition) is 1. The highest BCUT2D eigenvalue weighted by Gasteiger charge is 2.43. The van der Waals surface area contributed by atoms with Gasteiger partial charge < -0.3 is 10.2 Å². The summed E-state index contributed by atoms with van der Waals surface area (Å²) in [6.07, 6.45) is 2.08. The number of hydrogen-bond acceptors (Lipinski definition) is 3. The number of fused-ring (bicyclic) bond motifs is 3. The molecule has 0 fully saturated rings. The van der Waals surface area contributed by atoms with E-state index in [2.05, 4.69) is 17.0 Å². The van der Waals surface area contributed by atoms with Crippen LogP contribution in [0.4, 0.5) is 23.7 Å². The van der Waals surface area contributed by atoms with E-state index in [-0.39, 0.29) is 35.8 Å². The Hall–Kier alpha value is -3.28. The first-order valence-corrected chi connectivity index (χ1v) is 9.67. The van der Waals surface area contributed by atoms with Crippen molar-refractivity contribution >= 4 is 11.7 Å². The van der Waals surface area contributed by atoms with Crippen LogP contribution in [0.3, 0.4) is 0 Å². The number of amides is 2. The van der Waals surface area contributed by atoms with E-state index in [9.17, 15) is 18.0 Å². The average Bonchev–Trinajstić information content (AvgIpc) is 3.04. The molecule has 2 aliphatic heterocycles. The van der Waals surface area contributed by atoms with E-state index in [0.717, 1.165) is 6.07 Å². The molecule has 1 aromatic heterocycles. The van der Waals surface area contributed by atoms with Crippen LogP contribution in [0, 0.1) is 23.1 Å². The maximum atomic E-state index is 14.9. The van der Waals surface area contributed by atoms with Crippen molar-refractivity contribution in [1.29, 1.82) is 5.26 Å². The molecule has 30 heavy (non-hydrogen) atoms. The van der Waals surface area contributed by atoms with Crippen LogP contribution < -0.4 is 5.32 Å². The summed E-state index contributed by atoms with van der Waals surface area (Å²) in [6.45, 7) is 4.41. The first-order valence-electron chi connectivity index (χ1n) is 9.67. The third-order valence-corrected chi connectivity index (χ3v) is 5.64. The lowest BCUT2D eigenvalue weighted by Crippen LogP contribution is -2.39. The maximum absolute atomic E-state index is 14.9. The monoisotopic (exact) mass is 415 g/mol. The molecule has 0 saturated heterocycles. The molecule has 1 atom stereocenters. The summed E-state index contributed by atoms with van der Waals surface area (Å²) < 4.78 is 44.7. The number of aromatic nitrogens is 2. The van der Waals surface area contributed by atoms with Gasteiger partial charge in [-0.05, 0) is 30.5 Å². The molecule has 0 saturated carbocycles. The molecule has 0 aliphatic carbocycles. The summed E-state index contributed by atoms with van der Waals surface area (Å²) in [5.41, 5.74) is 0.937. The van der Waals surface area contributed by atoms with Gasteiger partial charge in [0.1, 0.15) is 17.6 Å². The van der Waals surface area contributed by atoms with E-state index < -0.39 is 17.8 Å². The van der Waals surface area contributed by atoms with Crippen molar-refractivity contribution in [3.05, 3.63) is 59.2 Å². The minimum atomic E-state index is -3.03. The molecule has 9 heteroatoms. The predicted octanol–water partition coefficient (Wildman–Crippen LogP) is 4.17. The second kappa shape index (κ2) is 7.52. The standard InChI is InChI=1S/C21H20F3N5O/c1-2-13-5-7-21(23,24)19-16-12-28(8-6-18(16)27-29(19)11-13)20(30)26-15-3-4-17(22)14(9-15)10-25/h2-4,9,13H,1,5-8,11-12H2,(H,26,30). The lowest BCUT2D eigenvalue weighted by atomic mass is 9.98. The SMILES string of the molecule is C=CC1CCC(F)(F)c2c3c(nn2C1)CCN(C(=O)Nc1ccc(F)c(C#N)c1)C3. The van der Waals surface area contributed by atoms with Gasteiger partial charge in [0.15, 0.2) is 0 Å². The van der Waals surface area contributed by atoms with Crippen LogP contribution in [0.15, 0.2) is 30.9 Å². The highest BCUT2D eigenvalue weighted by atomic mass is 19.3. The zero-order valence-electron chi connectivity index (χ0n) is 16.2. The molecule has 2 aliphatic rings. The van der Waals surface area contributed by atoms with Gasteiger partial charge in [-0.25, -0.2) is 9.18 Å². The van der Waals surface area contributed by atoms with Gasteiger partial charge in [0.05, 0.1) is 17.8 Å². The number of alkyl halides is 2. The summed E-state index contributed by atoms with van der Waals surface area (Å²) in [6, 6.07) is 4.89. The topological polar surface area (TPSA) is 74.0 Å². The van der Waals surface area contributed by atoms with Gasteiger partial charge in [-0.2, -0.15) is 19.1 Å². The molecular formula is C21H20F3N5O. The van der Waals surface area contributed by atoms with Crippen molar-refractivity contribution < 1.29 is 18.0 Å². The van der Waals surface area contributed by atoms with Crippen LogP contribution >= 0.6 is 0 Å². The highest BCUT2D eigenvalue weighted by molar-refractivity contribution is 5.89. The van der Waals surface area contributed by atoms with Gasteiger partial charge >= 0.3 is 6.03 Å². The zero-order valence-corrected chi connectivity index (χ0v) is 16.2. The minimum absolute atomic E-state index is 0.0111. The number of nitriles is 1. The number of halogens is 3. The second-order valence-electron chi connectivity index (χ2n) is 7.60. The molecule has 1 N–H and O–H groups in total. The van der Waals surface area contributed by atoms with Crippen molar-refractivity contribution in [2.75, 3.05) is 11.9 Å². The summed E-state index contributed by atoms with van der Waals surface area (Å²) in [5, 5.41) is 15.9. The molecule has 1 unspecified atom stereocenters. The number of urea groups is 1. The van der Waals surface area contributed by atoms with Crippen LogP contribution in [0.25, 0.3) is 0 Å². The smallest absolute Gasteiger partial charge is 0.320 e. The average molecular weight is 415 g/mol. The van der Waals surface area contributed by atoms with Crippen molar-refractivity contribution in [2.45, 2.75) is 38.3 Å². The van der Waals surface area contributed by atoms with E-state index >= 15 is 0 Å². The fourth-order valence-corrected chi connectivity index (χ4v) is 4.02. The van der Waals surface area contributed by atoms with Gasteiger partial charge in [0.2, 0.25) is 0 Å². The lowest BCUT2D eigenvalue weighted by Gasteiger charge is -2.28. The predicted molar refractivity (Wildman–Crippen MR) is 103 cm³/mol. The summed E-state index contributed by atoms with van der Waals surface area (Å²) in [7, 11) is 0. The molecule has 6 nitrogen and oxygen atoms in total. The van der Waals surface area contributed by atoms with E-state index in [1.54, 1.807) is 12.1 Å². The van der Waals surface area contributed by atoms with Crippen LogP contribution in [0.5, 0.6) is 0 Å². The fourth-order valence-electron chi connectivity index (χ4n) is 4.02. The molecule has 2 amide bonds. The Balaban J connectivity index is 1.58. The van der Waals surface area contributed by atoms with Crippen molar-refractivity contribution in [3.8, 4) is 6.07 Å². The summed E-state index contributed by atoms with van der Waals surface area (Å²) in [5.74, 6) is -3.79. The third-order valence-electron chi connectivity index (χ3n) is 5.64. The molecular weight excluding hydrogens is 395 g/mol. The minimum Gasteiger partial charge on any atom is -0.320 e. The zero-order chi connectivity index (χ0) is 21.5. The largest absolute Gasteiger partial charge is 0.322 e. The van der Waals surface area contributed by atoms with E-state index in [4.69, 9.17) is 5.26 Å². The lowest BCUT2D eigenvalue weighted by molar-refractivity contribution is -0.0212. The van der Waals surface area contributed by atoms with Crippen LogP contribution in [0.1, 0.15) is 35.4 Å². The molecule has 4 rings (SSSR count). The Kier molecular flexibility index (Phi) is 5.02. The Morgan fingerprint density at radius 1 is 1.43 bits per heavy atom. The number of allylic oxidation sites excluding steroid dienone is 1. The molecule has 0 spiro atoms. The first-order chi connectivity index (χ1) is 14.3. The molecule has 2 aromatic rings. The highest BCUT2D eigenvalue weighted by Crippen LogP contribution is 2.41. The van der Waals surface area contributed by atoms with Crippen LogP contribution in [0.2, 0.25) is 0 Å². The molecule has 0 radical (unpaired) electrons. The van der Waals surface area contributed by atoms with Gasteiger partial charge in [-0.15, -0.1) is 6.58 Å². The molecule has 0 bridgehead atoms. The Bertz CT molecular complexity index is 1060. The van der Waals surface area contributed by atoms with Gasteiger partial charge in [-0.3, -0.25) is 4.68 Å². The fraction of sp³-hybridized carbons (Fsp3) is 0.381. The van der Waals surface area contributed by atoms with Crippen molar-refractivity contribution in [3.63, 3.8) is 0 Å². The Morgan fingerprint density at radius 2 is 2.23 bits per heavy atom. The van der Waals surface area contributed by atoms with E-state index in [0.29, 0.717) is 37.2 Å². The second-order valence-corrected chi connectivity index (χ2v) is 7.60. The molecule has 1 aromatic carbocycles. The quantitative estimate of drug-likeness (QED) is 0.748. The number of benzene rings is 1. The van der Waals surface area contributed by atoms with Crippen molar-refractivity contribution in [1.82, 2.24) is 14.7 Å². The molecule has 156 valence electrons. The van der Waals surface area contributed by atoms with E-state index in [1.165, 1.54) is 21.7 Å². The van der Waals surface area contributed by atoms with Gasteiger partial charge in [0.25, 0.3) is 5.92 Å². The van der Waals surface area contributed by atoms with Gasteiger partial charge in [0, 0.05) is 37.2 Å². The maximum Gasteiger partial charge on any atom is 0.322 e. The number of carbonyl (C=O) groups is 1. The van der Waals surface area contributed by atoms with Crippen LogP contribution in [-0.4, -0.2) is 27.3 Å². The Morgan fingerprint density at radius 3 is 2.97 bits per heavy atom. The Labute approximate surface area is 171 Å². The number of nitrogens with one attached hydrogen (secondary N) is 1. The molecule has 3 heterocycles. The summed E-state index contributed by atoms with van der Waals surface area (Å²) in [4.78, 5) is 14.1. The summed E-state index contributed by atoms with van der Waals surface area (Å²) >= 11 is 0. The van der Waals surface area contributed by atoms with Crippen molar-refractivity contribution in [2.24, 2.45) is 5.92 Å². The number of nitrogens with zero attached hydrogens (tertiary/aromatic N) is 4. The third kappa shape index (κ3) is 3.54. The van der Waals surface area contributed by atoms with E-state index in [1.807, 2.05) is 0 Å². The normalized spacial score (nSPS) is 19.8. The number of carbonyl (C=O) groups excluding carboxylic acids is 1. The number of anilines is 1. The van der Waals surface area contributed by atoms with Gasteiger partial charge in [-0.1, -0.05) is 6.08 Å².